The lowest BCUT2D eigenvalue weighted by Crippen LogP contribution is -2.44. The molecular weight excluding hydrogens is 232 g/mol. The van der Waals surface area contributed by atoms with Gasteiger partial charge < -0.3 is 14.6 Å². The maximum atomic E-state index is 5.47. The summed E-state index contributed by atoms with van der Waals surface area (Å²) >= 11 is 0. The van der Waals surface area contributed by atoms with E-state index in [9.17, 15) is 0 Å². The van der Waals surface area contributed by atoms with E-state index in [1.54, 1.807) is 0 Å². The van der Waals surface area contributed by atoms with Crippen molar-refractivity contribution >= 4 is 0 Å². The minimum absolute atomic E-state index is 0.210. The predicted octanol–water partition coefficient (Wildman–Crippen LogP) is 0.613. The molecular formula is C12H22N4O2. The summed E-state index contributed by atoms with van der Waals surface area (Å²) < 4.78 is 10.7. The minimum atomic E-state index is 0.210. The molecule has 0 bridgehead atoms. The highest BCUT2D eigenvalue weighted by molar-refractivity contribution is 4.97. The molecule has 1 atom stereocenters. The van der Waals surface area contributed by atoms with Crippen molar-refractivity contribution in [1.82, 2.24) is 20.4 Å². The molecule has 1 saturated heterocycles. The van der Waals surface area contributed by atoms with Gasteiger partial charge in [-0.15, -0.1) is 0 Å². The number of rotatable bonds is 5. The zero-order chi connectivity index (χ0) is 13.0. The van der Waals surface area contributed by atoms with Gasteiger partial charge in [0.25, 0.3) is 0 Å². The van der Waals surface area contributed by atoms with Crippen molar-refractivity contribution in [3.05, 3.63) is 11.7 Å². The number of likely N-dealkylation sites (N-methyl/N-ethyl adjacent to an activating group) is 1. The van der Waals surface area contributed by atoms with Gasteiger partial charge in [0.05, 0.1) is 25.2 Å². The summed E-state index contributed by atoms with van der Waals surface area (Å²) in [5, 5.41) is 7.41. The third-order valence-corrected chi connectivity index (χ3v) is 3.06. The first-order valence-corrected chi connectivity index (χ1v) is 6.52. The third kappa shape index (κ3) is 3.51. The molecule has 102 valence electrons. The van der Waals surface area contributed by atoms with Crippen molar-refractivity contribution in [3.63, 3.8) is 0 Å². The molecule has 2 heterocycles. The van der Waals surface area contributed by atoms with E-state index >= 15 is 0 Å². The Labute approximate surface area is 108 Å². The third-order valence-electron chi connectivity index (χ3n) is 3.06. The minimum Gasteiger partial charge on any atom is -0.378 e. The van der Waals surface area contributed by atoms with Crippen LogP contribution >= 0.6 is 0 Å². The molecule has 1 aromatic heterocycles. The van der Waals surface area contributed by atoms with Gasteiger partial charge in [-0.1, -0.05) is 5.16 Å². The summed E-state index contributed by atoms with van der Waals surface area (Å²) in [4.78, 5) is 6.69. The maximum Gasteiger partial charge on any atom is 0.229 e. The lowest BCUT2D eigenvalue weighted by molar-refractivity contribution is 0.0773. The number of nitrogens with one attached hydrogen (secondary N) is 1. The van der Waals surface area contributed by atoms with Crippen molar-refractivity contribution in [2.24, 2.45) is 0 Å². The Bertz CT molecular complexity index is 367. The van der Waals surface area contributed by atoms with Gasteiger partial charge in [-0.25, -0.2) is 0 Å². The Morgan fingerprint density at radius 3 is 3.11 bits per heavy atom. The average Bonchev–Trinajstić information content (AvgIpc) is 2.78. The van der Waals surface area contributed by atoms with Crippen LogP contribution < -0.4 is 5.32 Å². The first-order chi connectivity index (χ1) is 8.66. The van der Waals surface area contributed by atoms with Gasteiger partial charge in [-0.2, -0.15) is 4.98 Å². The van der Waals surface area contributed by atoms with Crippen LogP contribution in [0.4, 0.5) is 0 Å². The van der Waals surface area contributed by atoms with E-state index in [2.05, 4.69) is 27.4 Å². The molecule has 2 rings (SSSR count). The topological polar surface area (TPSA) is 63.4 Å². The molecule has 0 aromatic carbocycles. The lowest BCUT2D eigenvalue weighted by atomic mass is 10.2. The van der Waals surface area contributed by atoms with Crippen LogP contribution in [0.5, 0.6) is 0 Å². The van der Waals surface area contributed by atoms with Gasteiger partial charge in [0.1, 0.15) is 0 Å². The molecule has 1 aliphatic heterocycles. The molecule has 0 saturated carbocycles. The second-order valence-electron chi connectivity index (χ2n) is 4.92. The van der Waals surface area contributed by atoms with Gasteiger partial charge >= 0.3 is 0 Å². The zero-order valence-electron chi connectivity index (χ0n) is 11.3. The molecule has 0 aliphatic carbocycles. The fourth-order valence-corrected chi connectivity index (χ4v) is 1.98. The summed E-state index contributed by atoms with van der Waals surface area (Å²) in [5.74, 6) is 1.42. The van der Waals surface area contributed by atoms with Crippen LogP contribution in [0.2, 0.25) is 0 Å². The van der Waals surface area contributed by atoms with Crippen LogP contribution in [0.15, 0.2) is 4.52 Å². The molecule has 1 N–H and O–H groups in total. The number of aromatic nitrogens is 2. The molecule has 0 radical (unpaired) electrons. The lowest BCUT2D eigenvalue weighted by Gasteiger charge is -2.30. The highest BCUT2D eigenvalue weighted by atomic mass is 16.5. The summed E-state index contributed by atoms with van der Waals surface area (Å²) in [7, 11) is 2.09. The number of hydrogen-bond donors (Lipinski definition) is 1. The van der Waals surface area contributed by atoms with Crippen molar-refractivity contribution in [2.45, 2.75) is 32.4 Å². The maximum absolute atomic E-state index is 5.47. The molecule has 6 heteroatoms. The summed E-state index contributed by atoms with van der Waals surface area (Å²) in [6.45, 7) is 7.55. The summed E-state index contributed by atoms with van der Waals surface area (Å²) in [5.41, 5.74) is 0. The predicted molar refractivity (Wildman–Crippen MR) is 67.3 cm³/mol. The fraction of sp³-hybridized carbons (Fsp3) is 0.833. The molecule has 1 aliphatic rings. The van der Waals surface area contributed by atoms with E-state index in [4.69, 9.17) is 9.26 Å². The Morgan fingerprint density at radius 1 is 1.56 bits per heavy atom. The Hall–Kier alpha value is -0.980. The van der Waals surface area contributed by atoms with Crippen molar-refractivity contribution in [2.75, 3.05) is 33.3 Å². The van der Waals surface area contributed by atoms with E-state index in [0.29, 0.717) is 18.9 Å². The van der Waals surface area contributed by atoms with Gasteiger partial charge in [0, 0.05) is 19.6 Å². The smallest absolute Gasteiger partial charge is 0.229 e. The Kier molecular flexibility index (Phi) is 4.68. The largest absolute Gasteiger partial charge is 0.378 e. The van der Waals surface area contributed by atoms with E-state index in [0.717, 1.165) is 25.5 Å². The van der Waals surface area contributed by atoms with E-state index in [1.807, 2.05) is 13.8 Å². The van der Waals surface area contributed by atoms with E-state index in [1.165, 1.54) is 0 Å². The van der Waals surface area contributed by atoms with E-state index < -0.39 is 0 Å². The van der Waals surface area contributed by atoms with Crippen LogP contribution in [0, 0.1) is 0 Å². The van der Waals surface area contributed by atoms with Crippen LogP contribution in [0.3, 0.4) is 0 Å². The molecule has 18 heavy (non-hydrogen) atoms. The van der Waals surface area contributed by atoms with Crippen molar-refractivity contribution in [1.29, 1.82) is 0 Å². The molecule has 1 unspecified atom stereocenters. The molecule has 6 nitrogen and oxygen atoms in total. The standard InChI is InChI=1S/C12H22N4O2/c1-9(2)17-7-4-11-14-12(15-18-11)10-8-13-5-6-16(10)3/h9-10,13H,4-8H2,1-3H3. The zero-order valence-corrected chi connectivity index (χ0v) is 11.3. The van der Waals surface area contributed by atoms with Crippen molar-refractivity contribution < 1.29 is 9.26 Å². The van der Waals surface area contributed by atoms with Gasteiger partial charge in [0.15, 0.2) is 5.82 Å². The molecule has 0 amide bonds. The molecule has 0 spiro atoms. The monoisotopic (exact) mass is 254 g/mol. The van der Waals surface area contributed by atoms with Crippen LogP contribution in [-0.2, 0) is 11.2 Å². The second-order valence-corrected chi connectivity index (χ2v) is 4.92. The molecule has 1 fully saturated rings. The number of ether oxygens (including phenoxy) is 1. The number of piperazine rings is 1. The van der Waals surface area contributed by atoms with Crippen LogP contribution in [-0.4, -0.2) is 54.4 Å². The Balaban J connectivity index is 1.88. The summed E-state index contributed by atoms with van der Waals surface area (Å²) in [6.07, 6.45) is 0.913. The first kappa shape index (κ1) is 13.5. The average molecular weight is 254 g/mol. The molecule has 1 aromatic rings. The number of nitrogens with zero attached hydrogens (tertiary/aromatic N) is 3. The SMILES string of the molecule is CC(C)OCCc1nc(C2CNCCN2C)no1. The second kappa shape index (κ2) is 6.26. The normalized spacial score (nSPS) is 21.7. The highest BCUT2D eigenvalue weighted by Crippen LogP contribution is 2.17. The fourth-order valence-electron chi connectivity index (χ4n) is 1.98. The van der Waals surface area contributed by atoms with Crippen LogP contribution in [0.25, 0.3) is 0 Å². The quantitative estimate of drug-likeness (QED) is 0.831. The van der Waals surface area contributed by atoms with Crippen molar-refractivity contribution in [3.8, 4) is 0 Å². The summed E-state index contributed by atoms with van der Waals surface area (Å²) in [6, 6.07) is 0.210. The first-order valence-electron chi connectivity index (χ1n) is 6.52. The van der Waals surface area contributed by atoms with Crippen LogP contribution in [0.1, 0.15) is 31.6 Å². The highest BCUT2D eigenvalue weighted by Gasteiger charge is 2.25. The van der Waals surface area contributed by atoms with Gasteiger partial charge in [-0.3, -0.25) is 4.90 Å². The number of hydrogen-bond acceptors (Lipinski definition) is 6. The van der Waals surface area contributed by atoms with Gasteiger partial charge in [0.2, 0.25) is 5.89 Å². The Morgan fingerprint density at radius 2 is 2.39 bits per heavy atom. The van der Waals surface area contributed by atoms with Gasteiger partial charge in [-0.05, 0) is 20.9 Å². The van der Waals surface area contributed by atoms with E-state index in [-0.39, 0.29) is 12.1 Å².